The third-order valence-electron chi connectivity index (χ3n) is 4.35. The van der Waals surface area contributed by atoms with E-state index in [-0.39, 0.29) is 23.2 Å². The molecule has 3 aromatic rings. The van der Waals surface area contributed by atoms with Gasteiger partial charge >= 0.3 is 0 Å². The van der Waals surface area contributed by atoms with Crippen LogP contribution in [0.2, 0.25) is 0 Å². The summed E-state index contributed by atoms with van der Waals surface area (Å²) in [5.41, 5.74) is 6.90. The first-order chi connectivity index (χ1) is 13.0. The first-order valence-electron chi connectivity index (χ1n) is 8.34. The van der Waals surface area contributed by atoms with Gasteiger partial charge in [-0.05, 0) is 18.9 Å². The number of primary amides is 1. The lowest BCUT2D eigenvalue weighted by Gasteiger charge is -2.13. The number of thiazole rings is 1. The van der Waals surface area contributed by atoms with Crippen LogP contribution < -0.4 is 16.4 Å². The number of hydrogen-bond acceptors (Lipinski definition) is 6. The largest absolute Gasteiger partial charge is 0.387 e. The van der Waals surface area contributed by atoms with E-state index >= 15 is 0 Å². The smallest absolute Gasteiger partial charge is 0.268 e. The number of hydrogen-bond donors (Lipinski definition) is 3. The van der Waals surface area contributed by atoms with E-state index in [0.29, 0.717) is 27.2 Å². The molecule has 0 aliphatic heterocycles. The molecule has 0 spiro atoms. The van der Waals surface area contributed by atoms with Gasteiger partial charge in [0.05, 0.1) is 16.8 Å². The molecule has 1 fully saturated rings. The highest BCUT2D eigenvalue weighted by Crippen LogP contribution is 2.34. The molecule has 0 atom stereocenters. The number of benzene rings is 1. The second-order valence-corrected chi connectivity index (χ2v) is 7.15. The maximum atomic E-state index is 14.6. The number of fused-ring (bicyclic) bond motifs is 1. The van der Waals surface area contributed by atoms with E-state index in [4.69, 9.17) is 5.73 Å². The molecule has 4 N–H and O–H groups in total. The molecule has 0 saturated heterocycles. The highest BCUT2D eigenvalue weighted by atomic mass is 32.1. The van der Waals surface area contributed by atoms with E-state index in [9.17, 15) is 14.0 Å². The number of nitrogens with zero attached hydrogens (tertiary/aromatic N) is 2. The van der Waals surface area contributed by atoms with Gasteiger partial charge in [-0.25, -0.2) is 9.37 Å². The Morgan fingerprint density at radius 3 is 2.74 bits per heavy atom. The van der Waals surface area contributed by atoms with Crippen molar-refractivity contribution < 1.29 is 14.0 Å². The zero-order chi connectivity index (χ0) is 19.1. The molecule has 4 rings (SSSR count). The highest BCUT2D eigenvalue weighted by Gasteiger charge is 2.26. The van der Waals surface area contributed by atoms with Gasteiger partial charge in [-0.1, -0.05) is 0 Å². The van der Waals surface area contributed by atoms with E-state index in [2.05, 4.69) is 20.6 Å². The van der Waals surface area contributed by atoms with Crippen LogP contribution in [0.15, 0.2) is 23.7 Å². The Hall–Kier alpha value is -3.07. The quantitative estimate of drug-likeness (QED) is 0.625. The summed E-state index contributed by atoms with van der Waals surface area (Å²) in [5.74, 6) is -1.40. The average molecular weight is 385 g/mol. The molecule has 0 unspecified atom stereocenters. The Balaban J connectivity index is 1.84. The van der Waals surface area contributed by atoms with Crippen LogP contribution >= 0.6 is 11.3 Å². The Kier molecular flexibility index (Phi) is 4.23. The number of carbonyl (C=O) groups excluding carboxylic acids is 2. The molecular formula is C18H16FN5O2S. The normalized spacial score (nSPS) is 13.6. The number of nitrogens with two attached hydrogens (primary N) is 1. The van der Waals surface area contributed by atoms with Crippen LogP contribution in [0.5, 0.6) is 0 Å². The molecule has 0 radical (unpaired) electrons. The molecule has 1 aromatic carbocycles. The second kappa shape index (κ2) is 6.58. The Morgan fingerprint density at radius 2 is 2.11 bits per heavy atom. The van der Waals surface area contributed by atoms with Crippen molar-refractivity contribution in [3.05, 3.63) is 40.8 Å². The molecule has 1 aliphatic carbocycles. The van der Waals surface area contributed by atoms with E-state index < -0.39 is 11.7 Å². The van der Waals surface area contributed by atoms with Crippen LogP contribution in [0.1, 0.15) is 33.7 Å². The molecule has 9 heteroatoms. The van der Waals surface area contributed by atoms with Gasteiger partial charge in [0.15, 0.2) is 0 Å². The lowest BCUT2D eigenvalue weighted by Crippen LogP contribution is -2.26. The van der Waals surface area contributed by atoms with Gasteiger partial charge in [-0.2, -0.15) is 0 Å². The number of pyridine rings is 1. The third kappa shape index (κ3) is 3.21. The molecule has 2 amide bonds. The van der Waals surface area contributed by atoms with Crippen LogP contribution in [0, 0.1) is 5.82 Å². The van der Waals surface area contributed by atoms with E-state index in [1.165, 1.54) is 17.6 Å². The lowest BCUT2D eigenvalue weighted by molar-refractivity contribution is 0.0950. The van der Waals surface area contributed by atoms with Crippen LogP contribution in [0.25, 0.3) is 21.5 Å². The number of halogens is 1. The fourth-order valence-corrected chi connectivity index (χ4v) is 3.65. The molecule has 2 aromatic heterocycles. The summed E-state index contributed by atoms with van der Waals surface area (Å²) in [6.45, 7) is 0. The number of aromatic nitrogens is 2. The number of amides is 2. The van der Waals surface area contributed by atoms with Gasteiger partial charge in [-0.3, -0.25) is 14.6 Å². The summed E-state index contributed by atoms with van der Waals surface area (Å²) in [6.07, 6.45) is 3.39. The van der Waals surface area contributed by atoms with Crippen molar-refractivity contribution >= 4 is 39.7 Å². The molecule has 1 saturated carbocycles. The summed E-state index contributed by atoms with van der Waals surface area (Å²) >= 11 is 1.12. The summed E-state index contributed by atoms with van der Waals surface area (Å²) in [7, 11) is 1.69. The zero-order valence-corrected chi connectivity index (χ0v) is 15.2. The molecule has 2 heterocycles. The highest BCUT2D eigenvalue weighted by molar-refractivity contribution is 7.13. The van der Waals surface area contributed by atoms with Crippen molar-refractivity contribution in [3.63, 3.8) is 0 Å². The van der Waals surface area contributed by atoms with Gasteiger partial charge in [0.25, 0.3) is 11.8 Å². The van der Waals surface area contributed by atoms with Crippen molar-refractivity contribution in [3.8, 4) is 10.6 Å². The summed E-state index contributed by atoms with van der Waals surface area (Å²) in [6, 6.07) is 3.09. The van der Waals surface area contributed by atoms with Crippen LogP contribution in [-0.4, -0.2) is 34.9 Å². The summed E-state index contributed by atoms with van der Waals surface area (Å²) < 4.78 is 14.6. The molecule has 27 heavy (non-hydrogen) atoms. The standard InChI is InChI=1S/C18H16FN5O2S/c1-21-15-10-4-9(18-24-14(7-27-18)16(20)25)12(19)5-13(10)22-6-11(15)17(26)23-8-2-3-8/h4-8H,2-3H2,1H3,(H2,20,25)(H,21,22)(H,23,26). The molecular weight excluding hydrogens is 369 g/mol. The maximum absolute atomic E-state index is 14.6. The molecule has 138 valence electrons. The van der Waals surface area contributed by atoms with Gasteiger partial charge in [0.2, 0.25) is 0 Å². The van der Waals surface area contributed by atoms with Crippen molar-refractivity contribution in [2.75, 3.05) is 12.4 Å². The van der Waals surface area contributed by atoms with Gasteiger partial charge in [0, 0.05) is 41.7 Å². The lowest BCUT2D eigenvalue weighted by atomic mass is 10.1. The minimum atomic E-state index is -0.671. The SMILES string of the molecule is CNc1c(C(=O)NC2CC2)cnc2cc(F)c(-c3nc(C(N)=O)cs3)cc12. The summed E-state index contributed by atoms with van der Waals surface area (Å²) in [4.78, 5) is 32.1. The second-order valence-electron chi connectivity index (χ2n) is 6.30. The minimum Gasteiger partial charge on any atom is -0.387 e. The fraction of sp³-hybridized carbons (Fsp3) is 0.222. The van der Waals surface area contributed by atoms with E-state index in [1.807, 2.05) is 0 Å². The van der Waals surface area contributed by atoms with Crippen LogP contribution in [0.3, 0.4) is 0 Å². The first-order valence-corrected chi connectivity index (χ1v) is 9.22. The Bertz CT molecular complexity index is 1080. The Morgan fingerprint density at radius 1 is 1.33 bits per heavy atom. The predicted octanol–water partition coefficient (Wildman–Crippen LogP) is 2.53. The summed E-state index contributed by atoms with van der Waals surface area (Å²) in [5, 5.41) is 8.36. The Labute approximate surface area is 157 Å². The van der Waals surface area contributed by atoms with Gasteiger partial charge in [0.1, 0.15) is 16.5 Å². The number of rotatable bonds is 5. The van der Waals surface area contributed by atoms with Gasteiger partial charge in [-0.15, -0.1) is 11.3 Å². The third-order valence-corrected chi connectivity index (χ3v) is 5.23. The predicted molar refractivity (Wildman–Crippen MR) is 101 cm³/mol. The molecule has 0 bridgehead atoms. The van der Waals surface area contributed by atoms with Crippen molar-refractivity contribution in [1.29, 1.82) is 0 Å². The van der Waals surface area contributed by atoms with E-state index in [1.54, 1.807) is 13.1 Å². The van der Waals surface area contributed by atoms with Crippen molar-refractivity contribution in [2.45, 2.75) is 18.9 Å². The van der Waals surface area contributed by atoms with Crippen molar-refractivity contribution in [1.82, 2.24) is 15.3 Å². The molecule has 1 aliphatic rings. The first kappa shape index (κ1) is 17.3. The van der Waals surface area contributed by atoms with E-state index in [0.717, 1.165) is 24.2 Å². The fourth-order valence-electron chi connectivity index (χ4n) is 2.82. The minimum absolute atomic E-state index is 0.0824. The number of nitrogens with one attached hydrogen (secondary N) is 2. The number of anilines is 1. The number of carbonyl (C=O) groups is 2. The zero-order valence-electron chi connectivity index (χ0n) is 14.4. The maximum Gasteiger partial charge on any atom is 0.268 e. The monoisotopic (exact) mass is 385 g/mol. The van der Waals surface area contributed by atoms with Crippen LogP contribution in [-0.2, 0) is 0 Å². The molecule has 7 nitrogen and oxygen atoms in total. The average Bonchev–Trinajstić information content (AvgIpc) is 3.31. The van der Waals surface area contributed by atoms with Crippen LogP contribution in [0.4, 0.5) is 10.1 Å². The van der Waals surface area contributed by atoms with Crippen molar-refractivity contribution in [2.24, 2.45) is 5.73 Å². The topological polar surface area (TPSA) is 110 Å². The van der Waals surface area contributed by atoms with Gasteiger partial charge < -0.3 is 16.4 Å².